The molecule has 2 N–H and O–H groups in total. The van der Waals surface area contributed by atoms with Crippen LogP contribution in [0.15, 0.2) is 29.2 Å². The van der Waals surface area contributed by atoms with Gasteiger partial charge in [0.1, 0.15) is 0 Å². The Morgan fingerprint density at radius 3 is 2.90 bits per heavy atom. The van der Waals surface area contributed by atoms with E-state index in [9.17, 15) is 18.5 Å². The molecule has 0 bridgehead atoms. The summed E-state index contributed by atoms with van der Waals surface area (Å²) in [6, 6.07) is 5.40. The third-order valence-corrected chi connectivity index (χ3v) is 4.74. The quantitative estimate of drug-likeness (QED) is 0.603. The smallest absolute Gasteiger partial charge is 0.270 e. The summed E-state index contributed by atoms with van der Waals surface area (Å²) in [5, 5.41) is 13.9. The predicted octanol–water partition coefficient (Wildman–Crippen LogP) is 1.02. The molecular weight excluding hydrogens is 282 g/mol. The van der Waals surface area contributed by atoms with Crippen LogP contribution < -0.4 is 10.0 Å². The molecule has 2 rings (SSSR count). The maximum absolute atomic E-state index is 12.0. The molecule has 1 aliphatic heterocycles. The van der Waals surface area contributed by atoms with Crippen LogP contribution >= 0.6 is 0 Å². The van der Waals surface area contributed by atoms with Crippen LogP contribution in [0.2, 0.25) is 0 Å². The van der Waals surface area contributed by atoms with E-state index in [-0.39, 0.29) is 10.6 Å². The number of benzene rings is 1. The lowest BCUT2D eigenvalue weighted by molar-refractivity contribution is -0.385. The monoisotopic (exact) mass is 299 g/mol. The van der Waals surface area contributed by atoms with E-state index in [1.165, 1.54) is 18.2 Å². The van der Waals surface area contributed by atoms with Crippen LogP contribution in [0.3, 0.4) is 0 Å². The van der Waals surface area contributed by atoms with E-state index in [0.29, 0.717) is 19.0 Å². The maximum atomic E-state index is 12.0. The molecule has 8 heteroatoms. The Bertz CT molecular complexity index is 582. The lowest BCUT2D eigenvalue weighted by Gasteiger charge is -2.11. The van der Waals surface area contributed by atoms with Crippen molar-refractivity contribution >= 4 is 15.7 Å². The first-order valence-corrected chi connectivity index (χ1v) is 7.95. The van der Waals surface area contributed by atoms with Gasteiger partial charge in [0.2, 0.25) is 10.0 Å². The van der Waals surface area contributed by atoms with Gasteiger partial charge in [0.05, 0.1) is 9.82 Å². The molecule has 0 unspecified atom stereocenters. The lowest BCUT2D eigenvalue weighted by atomic mass is 10.2. The molecule has 110 valence electrons. The lowest BCUT2D eigenvalue weighted by Crippen LogP contribution is -2.30. The van der Waals surface area contributed by atoms with Crippen molar-refractivity contribution in [2.24, 2.45) is 0 Å². The molecule has 1 aliphatic rings. The zero-order valence-electron chi connectivity index (χ0n) is 10.9. The molecule has 1 aromatic carbocycles. The SMILES string of the molecule is O=[N+]([O-])c1cccc(S(=O)(=O)NCC[C@@H]2CCCN2)c1. The second-order valence-corrected chi connectivity index (χ2v) is 6.50. The van der Waals surface area contributed by atoms with E-state index in [1.54, 1.807) is 0 Å². The molecule has 20 heavy (non-hydrogen) atoms. The van der Waals surface area contributed by atoms with E-state index in [0.717, 1.165) is 25.5 Å². The summed E-state index contributed by atoms with van der Waals surface area (Å²) >= 11 is 0. The van der Waals surface area contributed by atoms with Gasteiger partial charge in [-0.25, -0.2) is 13.1 Å². The number of nitro groups is 1. The van der Waals surface area contributed by atoms with Crippen LogP contribution in [0.1, 0.15) is 19.3 Å². The molecule has 0 spiro atoms. The van der Waals surface area contributed by atoms with E-state index in [4.69, 9.17) is 0 Å². The fourth-order valence-electron chi connectivity index (χ4n) is 2.22. The summed E-state index contributed by atoms with van der Waals surface area (Å²) < 4.78 is 26.5. The van der Waals surface area contributed by atoms with E-state index in [1.807, 2.05) is 0 Å². The van der Waals surface area contributed by atoms with Crippen molar-refractivity contribution in [2.75, 3.05) is 13.1 Å². The van der Waals surface area contributed by atoms with Gasteiger partial charge in [-0.15, -0.1) is 0 Å². The zero-order chi connectivity index (χ0) is 14.6. The number of nitro benzene ring substituents is 1. The van der Waals surface area contributed by atoms with Gasteiger partial charge >= 0.3 is 0 Å². The molecule has 1 fully saturated rings. The van der Waals surface area contributed by atoms with Crippen LogP contribution in [0.5, 0.6) is 0 Å². The van der Waals surface area contributed by atoms with Gasteiger partial charge in [-0.3, -0.25) is 10.1 Å². The highest BCUT2D eigenvalue weighted by Gasteiger charge is 2.19. The van der Waals surface area contributed by atoms with Gasteiger partial charge in [-0.05, 0) is 31.9 Å². The standard InChI is InChI=1S/C12H17N3O4S/c16-15(17)11-4-1-5-12(9-11)20(18,19)14-8-6-10-3-2-7-13-10/h1,4-5,9-10,13-14H,2-3,6-8H2/t10-/m0/s1. The Hall–Kier alpha value is -1.51. The predicted molar refractivity (Wildman–Crippen MR) is 73.9 cm³/mol. The Morgan fingerprint density at radius 1 is 1.45 bits per heavy atom. The number of nitrogens with zero attached hydrogens (tertiary/aromatic N) is 1. The molecule has 0 aromatic heterocycles. The number of hydrogen-bond acceptors (Lipinski definition) is 5. The van der Waals surface area contributed by atoms with Crippen LogP contribution in [-0.4, -0.2) is 32.5 Å². The van der Waals surface area contributed by atoms with Gasteiger partial charge in [-0.2, -0.15) is 0 Å². The van der Waals surface area contributed by atoms with Crippen molar-refractivity contribution in [3.8, 4) is 0 Å². The van der Waals surface area contributed by atoms with Crippen molar-refractivity contribution in [1.29, 1.82) is 0 Å². The Kier molecular flexibility index (Phi) is 4.69. The van der Waals surface area contributed by atoms with Crippen molar-refractivity contribution < 1.29 is 13.3 Å². The first-order valence-electron chi connectivity index (χ1n) is 6.46. The summed E-state index contributed by atoms with van der Waals surface area (Å²) in [6.45, 7) is 1.30. The highest BCUT2D eigenvalue weighted by Crippen LogP contribution is 2.17. The number of rotatable bonds is 6. The van der Waals surface area contributed by atoms with E-state index in [2.05, 4.69) is 10.0 Å². The van der Waals surface area contributed by atoms with Crippen LogP contribution in [0.4, 0.5) is 5.69 Å². The normalized spacial score (nSPS) is 19.1. The van der Waals surface area contributed by atoms with Crippen molar-refractivity contribution in [3.05, 3.63) is 34.4 Å². The molecule has 0 saturated carbocycles. The van der Waals surface area contributed by atoms with Crippen molar-refractivity contribution in [2.45, 2.75) is 30.2 Å². The minimum absolute atomic E-state index is 0.0777. The molecular formula is C12H17N3O4S. The molecule has 0 radical (unpaired) electrons. The number of nitrogens with one attached hydrogen (secondary N) is 2. The summed E-state index contributed by atoms with van der Waals surface area (Å²) in [5.41, 5.74) is -0.231. The Morgan fingerprint density at radius 2 is 2.25 bits per heavy atom. The fraction of sp³-hybridized carbons (Fsp3) is 0.500. The Labute approximate surface area is 117 Å². The zero-order valence-corrected chi connectivity index (χ0v) is 11.7. The highest BCUT2D eigenvalue weighted by molar-refractivity contribution is 7.89. The summed E-state index contributed by atoms with van der Waals surface area (Å²) in [6.07, 6.45) is 2.88. The van der Waals surface area contributed by atoms with Gasteiger partial charge in [0, 0.05) is 24.7 Å². The molecule has 1 saturated heterocycles. The minimum Gasteiger partial charge on any atom is -0.314 e. The molecule has 1 aromatic rings. The van der Waals surface area contributed by atoms with Crippen molar-refractivity contribution in [1.82, 2.24) is 10.0 Å². The fourth-order valence-corrected chi connectivity index (χ4v) is 3.31. The van der Waals surface area contributed by atoms with Gasteiger partial charge < -0.3 is 5.32 Å². The molecule has 0 aliphatic carbocycles. The maximum Gasteiger partial charge on any atom is 0.270 e. The molecule has 7 nitrogen and oxygen atoms in total. The molecule has 1 heterocycles. The average molecular weight is 299 g/mol. The summed E-state index contributed by atoms with van der Waals surface area (Å²) in [4.78, 5) is 9.96. The summed E-state index contributed by atoms with van der Waals surface area (Å²) in [5.74, 6) is 0. The number of hydrogen-bond donors (Lipinski definition) is 2. The average Bonchev–Trinajstić information content (AvgIpc) is 2.92. The summed E-state index contributed by atoms with van der Waals surface area (Å²) in [7, 11) is -3.69. The van der Waals surface area contributed by atoms with Gasteiger partial charge in [0.15, 0.2) is 0 Å². The first kappa shape index (κ1) is 14.9. The van der Waals surface area contributed by atoms with E-state index >= 15 is 0 Å². The van der Waals surface area contributed by atoms with Gasteiger partial charge in [-0.1, -0.05) is 6.07 Å². The molecule has 0 amide bonds. The van der Waals surface area contributed by atoms with Gasteiger partial charge in [0.25, 0.3) is 5.69 Å². The first-order chi connectivity index (χ1) is 9.49. The largest absolute Gasteiger partial charge is 0.314 e. The second kappa shape index (κ2) is 6.29. The van der Waals surface area contributed by atoms with Crippen LogP contribution in [0.25, 0.3) is 0 Å². The Balaban J connectivity index is 1.98. The van der Waals surface area contributed by atoms with Crippen molar-refractivity contribution in [3.63, 3.8) is 0 Å². The molecule has 1 atom stereocenters. The van der Waals surface area contributed by atoms with Crippen LogP contribution in [-0.2, 0) is 10.0 Å². The highest BCUT2D eigenvalue weighted by atomic mass is 32.2. The number of sulfonamides is 1. The number of non-ortho nitro benzene ring substituents is 1. The second-order valence-electron chi connectivity index (χ2n) is 4.73. The topological polar surface area (TPSA) is 101 Å². The third kappa shape index (κ3) is 3.75. The van der Waals surface area contributed by atoms with Crippen LogP contribution in [0, 0.1) is 10.1 Å². The minimum atomic E-state index is -3.69. The van der Waals surface area contributed by atoms with E-state index < -0.39 is 14.9 Å². The third-order valence-electron chi connectivity index (χ3n) is 3.29.